The Kier molecular flexibility index (Phi) is 6.10. The Morgan fingerprint density at radius 2 is 1.86 bits per heavy atom. The summed E-state index contributed by atoms with van der Waals surface area (Å²) in [7, 11) is 2.22. The molecule has 3 atom stereocenters. The van der Waals surface area contributed by atoms with Gasteiger partial charge in [-0.15, -0.1) is 0 Å². The fraction of sp³-hybridized carbons (Fsp3) is 1.00. The molecule has 2 fully saturated rings. The predicted molar refractivity (Wildman–Crippen MR) is 89.3 cm³/mol. The number of rotatable bonds is 7. The molecule has 124 valence electrons. The highest BCUT2D eigenvalue weighted by molar-refractivity contribution is 4.88. The van der Waals surface area contributed by atoms with E-state index in [-0.39, 0.29) is 0 Å². The maximum atomic E-state index is 6.38. The molecule has 0 spiro atoms. The molecule has 0 saturated heterocycles. The Morgan fingerprint density at radius 3 is 2.48 bits per heavy atom. The molecule has 0 aromatic heterocycles. The molecule has 2 rings (SSSR count). The molecule has 2 aliphatic carbocycles. The third kappa shape index (κ3) is 5.88. The van der Waals surface area contributed by atoms with E-state index in [1.165, 1.54) is 32.1 Å². The molecule has 3 heteroatoms. The Hall–Kier alpha value is -0.120. The van der Waals surface area contributed by atoms with Crippen LogP contribution in [0, 0.1) is 23.2 Å². The quantitative estimate of drug-likeness (QED) is 0.734. The number of nitrogens with two attached hydrogens (primary N) is 1. The minimum Gasteiger partial charge on any atom is -0.380 e. The highest BCUT2D eigenvalue weighted by Crippen LogP contribution is 2.40. The summed E-state index contributed by atoms with van der Waals surface area (Å²) in [4.78, 5) is 2.42. The lowest BCUT2D eigenvalue weighted by molar-refractivity contribution is 0.0784. The van der Waals surface area contributed by atoms with E-state index >= 15 is 0 Å². The van der Waals surface area contributed by atoms with Gasteiger partial charge in [0.05, 0.1) is 6.61 Å². The van der Waals surface area contributed by atoms with Crippen LogP contribution < -0.4 is 5.73 Å². The molecule has 0 radical (unpaired) electrons. The minimum absolute atomic E-state index is 0.387. The normalized spacial score (nSPS) is 30.9. The van der Waals surface area contributed by atoms with Crippen LogP contribution in [0.2, 0.25) is 0 Å². The lowest BCUT2D eigenvalue weighted by Gasteiger charge is -2.41. The van der Waals surface area contributed by atoms with Gasteiger partial charge in [0.1, 0.15) is 0 Å². The molecule has 3 nitrogen and oxygen atoms in total. The molecule has 0 aromatic rings. The second-order valence-corrected chi connectivity index (χ2v) is 8.58. The van der Waals surface area contributed by atoms with E-state index in [0.29, 0.717) is 17.4 Å². The molecular weight excluding hydrogens is 260 g/mol. The molecule has 21 heavy (non-hydrogen) atoms. The molecule has 2 aliphatic rings. The minimum atomic E-state index is 0.387. The largest absolute Gasteiger partial charge is 0.380 e. The van der Waals surface area contributed by atoms with Crippen molar-refractivity contribution in [3.63, 3.8) is 0 Å². The van der Waals surface area contributed by atoms with Gasteiger partial charge in [-0.1, -0.05) is 20.8 Å². The van der Waals surface area contributed by atoms with Gasteiger partial charge in [0.2, 0.25) is 0 Å². The van der Waals surface area contributed by atoms with Crippen LogP contribution in [0.25, 0.3) is 0 Å². The predicted octanol–water partition coefficient (Wildman–Crippen LogP) is 3.13. The Morgan fingerprint density at radius 1 is 1.14 bits per heavy atom. The van der Waals surface area contributed by atoms with E-state index in [9.17, 15) is 0 Å². The fourth-order valence-corrected chi connectivity index (χ4v) is 3.53. The standard InChI is InChI=1S/C18H36N2O/c1-18(2,3)16-7-8-17(19)15(11-16)12-20(4)9-10-21-13-14-5-6-14/h14-17H,5-13,19H2,1-4H3. The SMILES string of the molecule is CN(CCOCC1CC1)CC1CC(C(C)(C)C)CCC1N. The summed E-state index contributed by atoms with van der Waals surface area (Å²) in [6.45, 7) is 11.1. The average molecular weight is 296 g/mol. The lowest BCUT2D eigenvalue weighted by atomic mass is 9.67. The van der Waals surface area contributed by atoms with Crippen molar-refractivity contribution in [2.45, 2.75) is 58.9 Å². The van der Waals surface area contributed by atoms with Gasteiger partial charge in [0, 0.05) is 25.7 Å². The van der Waals surface area contributed by atoms with Gasteiger partial charge >= 0.3 is 0 Å². The fourth-order valence-electron chi connectivity index (χ4n) is 3.53. The van der Waals surface area contributed by atoms with Crippen LogP contribution in [0.4, 0.5) is 0 Å². The van der Waals surface area contributed by atoms with E-state index in [1.807, 2.05) is 0 Å². The lowest BCUT2D eigenvalue weighted by Crippen LogP contribution is -2.44. The van der Waals surface area contributed by atoms with Crippen LogP contribution >= 0.6 is 0 Å². The van der Waals surface area contributed by atoms with Gasteiger partial charge in [0.25, 0.3) is 0 Å². The van der Waals surface area contributed by atoms with Gasteiger partial charge in [-0.25, -0.2) is 0 Å². The van der Waals surface area contributed by atoms with E-state index in [1.54, 1.807) is 0 Å². The van der Waals surface area contributed by atoms with E-state index in [4.69, 9.17) is 10.5 Å². The number of hydrogen-bond donors (Lipinski definition) is 1. The van der Waals surface area contributed by atoms with Crippen molar-refractivity contribution in [3.8, 4) is 0 Å². The second kappa shape index (κ2) is 7.43. The number of ether oxygens (including phenoxy) is 1. The van der Waals surface area contributed by atoms with Crippen molar-refractivity contribution >= 4 is 0 Å². The first-order valence-electron chi connectivity index (χ1n) is 8.88. The highest BCUT2D eigenvalue weighted by atomic mass is 16.5. The average Bonchev–Trinajstić information content (AvgIpc) is 3.20. The van der Waals surface area contributed by atoms with Crippen molar-refractivity contribution in [2.75, 3.05) is 33.4 Å². The molecule has 0 heterocycles. The van der Waals surface area contributed by atoms with Crippen LogP contribution in [0.15, 0.2) is 0 Å². The van der Waals surface area contributed by atoms with E-state index in [0.717, 1.165) is 38.1 Å². The summed E-state index contributed by atoms with van der Waals surface area (Å²) in [5.74, 6) is 2.34. The Bertz CT molecular complexity index is 309. The van der Waals surface area contributed by atoms with Gasteiger partial charge in [0.15, 0.2) is 0 Å². The van der Waals surface area contributed by atoms with E-state index in [2.05, 4.69) is 32.7 Å². The summed E-state index contributed by atoms with van der Waals surface area (Å²) >= 11 is 0. The summed E-state index contributed by atoms with van der Waals surface area (Å²) in [5, 5.41) is 0. The van der Waals surface area contributed by atoms with Gasteiger partial charge in [-0.05, 0) is 62.3 Å². The highest BCUT2D eigenvalue weighted by Gasteiger charge is 2.34. The maximum absolute atomic E-state index is 6.38. The third-order valence-electron chi connectivity index (χ3n) is 5.48. The molecule has 0 aromatic carbocycles. The summed E-state index contributed by atoms with van der Waals surface area (Å²) < 4.78 is 5.75. The van der Waals surface area contributed by atoms with Crippen molar-refractivity contribution in [3.05, 3.63) is 0 Å². The first-order chi connectivity index (χ1) is 9.86. The molecule has 2 saturated carbocycles. The smallest absolute Gasteiger partial charge is 0.0593 e. The molecule has 2 N–H and O–H groups in total. The molecule has 0 aliphatic heterocycles. The zero-order valence-corrected chi connectivity index (χ0v) is 14.6. The first kappa shape index (κ1) is 17.2. The van der Waals surface area contributed by atoms with Crippen molar-refractivity contribution in [1.29, 1.82) is 0 Å². The number of likely N-dealkylation sites (N-methyl/N-ethyl adjacent to an activating group) is 1. The molecule has 0 amide bonds. The zero-order chi connectivity index (χ0) is 15.5. The maximum Gasteiger partial charge on any atom is 0.0593 e. The van der Waals surface area contributed by atoms with Crippen LogP contribution in [0.3, 0.4) is 0 Å². The molecule has 3 unspecified atom stereocenters. The number of nitrogens with zero attached hydrogens (tertiary/aromatic N) is 1. The summed E-state index contributed by atoms with van der Waals surface area (Å²) in [6.07, 6.45) is 6.54. The summed E-state index contributed by atoms with van der Waals surface area (Å²) in [5.41, 5.74) is 6.80. The van der Waals surface area contributed by atoms with Crippen LogP contribution in [-0.4, -0.2) is 44.3 Å². The Balaban J connectivity index is 1.68. The van der Waals surface area contributed by atoms with Crippen LogP contribution in [-0.2, 0) is 4.74 Å². The van der Waals surface area contributed by atoms with Crippen LogP contribution in [0.1, 0.15) is 52.9 Å². The van der Waals surface area contributed by atoms with Gasteiger partial charge in [-0.3, -0.25) is 0 Å². The van der Waals surface area contributed by atoms with Gasteiger partial charge < -0.3 is 15.4 Å². The Labute approximate surface area is 131 Å². The summed E-state index contributed by atoms with van der Waals surface area (Å²) in [6, 6.07) is 0.387. The second-order valence-electron chi connectivity index (χ2n) is 8.58. The molecular formula is C18H36N2O. The zero-order valence-electron chi connectivity index (χ0n) is 14.6. The molecule has 0 bridgehead atoms. The van der Waals surface area contributed by atoms with Crippen LogP contribution in [0.5, 0.6) is 0 Å². The topological polar surface area (TPSA) is 38.5 Å². The first-order valence-corrected chi connectivity index (χ1v) is 8.88. The third-order valence-corrected chi connectivity index (χ3v) is 5.48. The van der Waals surface area contributed by atoms with Gasteiger partial charge in [-0.2, -0.15) is 0 Å². The van der Waals surface area contributed by atoms with Crippen molar-refractivity contribution < 1.29 is 4.74 Å². The van der Waals surface area contributed by atoms with E-state index < -0.39 is 0 Å². The van der Waals surface area contributed by atoms with Crippen molar-refractivity contribution in [2.24, 2.45) is 28.9 Å². The van der Waals surface area contributed by atoms with Crippen molar-refractivity contribution in [1.82, 2.24) is 4.90 Å². The monoisotopic (exact) mass is 296 g/mol. The number of hydrogen-bond acceptors (Lipinski definition) is 3.